The van der Waals surface area contributed by atoms with Crippen LogP contribution in [0.25, 0.3) is 0 Å². The van der Waals surface area contributed by atoms with Crippen molar-refractivity contribution in [1.82, 2.24) is 34.9 Å². The van der Waals surface area contributed by atoms with Crippen LogP contribution in [0, 0.1) is 5.82 Å². The summed E-state index contributed by atoms with van der Waals surface area (Å²) >= 11 is 0. The molecule has 2 aromatic heterocycles. The number of hydrogen-bond acceptors (Lipinski definition) is 8. The summed E-state index contributed by atoms with van der Waals surface area (Å²) in [5, 5.41) is 13.4. The van der Waals surface area contributed by atoms with Crippen LogP contribution in [0.3, 0.4) is 0 Å². The van der Waals surface area contributed by atoms with Gasteiger partial charge in [-0.1, -0.05) is 0 Å². The van der Waals surface area contributed by atoms with E-state index in [1.807, 2.05) is 30.6 Å². The number of nitrogens with one attached hydrogen (secondary N) is 3. The van der Waals surface area contributed by atoms with E-state index in [0.29, 0.717) is 31.4 Å². The topological polar surface area (TPSA) is 115 Å². The van der Waals surface area contributed by atoms with Crippen molar-refractivity contribution in [3.05, 3.63) is 23.3 Å². The van der Waals surface area contributed by atoms with E-state index in [4.69, 9.17) is 4.74 Å². The molecule has 0 aliphatic carbocycles. The number of carbonyl (C=O) groups is 1. The number of piperazine rings is 1. The fraction of sp³-hybridized carbons (Fsp3) is 0.667. The Balaban J connectivity index is 0.00000380. The highest BCUT2D eigenvalue weighted by Gasteiger charge is 2.46. The summed E-state index contributed by atoms with van der Waals surface area (Å²) in [4.78, 5) is 28.2. The van der Waals surface area contributed by atoms with E-state index in [0.717, 1.165) is 43.6 Å². The zero-order valence-corrected chi connectivity index (χ0v) is 22.6. The Hall–Kier alpha value is -2.93. The second-order valence-corrected chi connectivity index (χ2v) is 10.1. The minimum Gasteiger partial charge on any atom is -0.385 e. The summed E-state index contributed by atoms with van der Waals surface area (Å²) in [5.74, 6) is 0.239. The summed E-state index contributed by atoms with van der Waals surface area (Å²) in [6, 6.07) is 0.339. The van der Waals surface area contributed by atoms with Gasteiger partial charge in [-0.2, -0.15) is 10.1 Å². The molecule has 2 aliphatic rings. The minimum absolute atomic E-state index is 0. The maximum Gasteiger partial charge on any atom is 0.321 e. The summed E-state index contributed by atoms with van der Waals surface area (Å²) in [6.07, 6.45) is 2.10. The number of hydrogen-bond donors (Lipinski definition) is 3. The number of methoxy groups -OCH3 is 1. The third-order valence-corrected chi connectivity index (χ3v) is 7.17. The highest BCUT2D eigenvalue weighted by Crippen LogP contribution is 2.42. The molecular formula is C24H38BFN9O2. The third-order valence-electron chi connectivity index (χ3n) is 7.17. The average molecular weight is 514 g/mol. The van der Waals surface area contributed by atoms with Gasteiger partial charge >= 0.3 is 6.03 Å². The molecule has 0 aromatic carbocycles. The number of anilines is 3. The molecule has 37 heavy (non-hydrogen) atoms. The predicted octanol–water partition coefficient (Wildman–Crippen LogP) is 2.74. The molecule has 4 rings (SSSR count). The fourth-order valence-electron chi connectivity index (χ4n) is 5.08. The second-order valence-electron chi connectivity index (χ2n) is 10.1. The number of halogens is 1. The molecule has 4 heterocycles. The monoisotopic (exact) mass is 514 g/mol. The van der Waals surface area contributed by atoms with Crippen molar-refractivity contribution in [1.29, 1.82) is 0 Å². The standard InChI is InChI=1S/C24H38FN9O2.B/c1-7-26-22-27-11-18(25)21(29-22)28-20-17-14-34(24(4,5)19(17)30-31-20)23(35)33-13-15(2)32(12-16(33)3)9-8-10-36-6;/h11,15-16H,7-10,12-14H2,1-6H3,(H3,26,27,28,29,30,31);/t15-,16-;/m0./s1. The molecule has 0 saturated carbocycles. The van der Waals surface area contributed by atoms with Crippen molar-refractivity contribution in [2.75, 3.05) is 50.5 Å². The van der Waals surface area contributed by atoms with Crippen LogP contribution >= 0.6 is 0 Å². The molecule has 3 N–H and O–H groups in total. The molecular weight excluding hydrogens is 476 g/mol. The van der Waals surface area contributed by atoms with Gasteiger partial charge in [0.25, 0.3) is 0 Å². The lowest BCUT2D eigenvalue weighted by molar-refractivity contribution is 0.0315. The Morgan fingerprint density at radius 2 is 2.03 bits per heavy atom. The van der Waals surface area contributed by atoms with Crippen molar-refractivity contribution < 1.29 is 13.9 Å². The molecule has 2 aliphatic heterocycles. The van der Waals surface area contributed by atoms with Crippen LogP contribution in [0.5, 0.6) is 0 Å². The van der Waals surface area contributed by atoms with Crippen LogP contribution in [0.1, 0.15) is 52.3 Å². The van der Waals surface area contributed by atoms with E-state index in [1.165, 1.54) is 0 Å². The zero-order valence-electron chi connectivity index (χ0n) is 22.6. The Kier molecular flexibility index (Phi) is 9.01. The number of aromatic amines is 1. The highest BCUT2D eigenvalue weighted by atomic mass is 19.1. The van der Waals surface area contributed by atoms with Gasteiger partial charge in [-0.25, -0.2) is 14.2 Å². The lowest BCUT2D eigenvalue weighted by atomic mass is 10.0. The second kappa shape index (κ2) is 11.6. The van der Waals surface area contributed by atoms with Crippen molar-refractivity contribution in [2.45, 2.75) is 65.2 Å². The molecule has 11 nitrogen and oxygen atoms in total. The van der Waals surface area contributed by atoms with Crippen LogP contribution in [-0.2, 0) is 16.8 Å². The molecule has 2 aromatic rings. The van der Waals surface area contributed by atoms with E-state index in [-0.39, 0.29) is 32.3 Å². The normalized spacial score (nSPS) is 20.9. The van der Waals surface area contributed by atoms with E-state index < -0.39 is 11.4 Å². The lowest BCUT2D eigenvalue weighted by Gasteiger charge is -2.46. The molecule has 201 valence electrons. The first-order valence-electron chi connectivity index (χ1n) is 12.6. The average Bonchev–Trinajstić information content (AvgIpc) is 3.35. The molecule has 1 fully saturated rings. The maximum atomic E-state index is 14.4. The highest BCUT2D eigenvalue weighted by molar-refractivity contribution is 5.78. The van der Waals surface area contributed by atoms with Crippen LogP contribution in [0.2, 0.25) is 0 Å². The van der Waals surface area contributed by atoms with Crippen LogP contribution in [0.4, 0.5) is 26.8 Å². The number of fused-ring (bicyclic) bond motifs is 1. The van der Waals surface area contributed by atoms with Crippen LogP contribution in [-0.4, -0.2) is 101 Å². The summed E-state index contributed by atoms with van der Waals surface area (Å²) in [5.41, 5.74) is 1.06. The lowest BCUT2D eigenvalue weighted by Crippen LogP contribution is -2.61. The van der Waals surface area contributed by atoms with Gasteiger partial charge in [0, 0.05) is 66.0 Å². The minimum atomic E-state index is -0.600. The number of rotatable bonds is 8. The molecule has 13 heteroatoms. The van der Waals surface area contributed by atoms with Crippen molar-refractivity contribution in [3.8, 4) is 0 Å². The Labute approximate surface area is 220 Å². The molecule has 1 saturated heterocycles. The van der Waals surface area contributed by atoms with Gasteiger partial charge in [0.1, 0.15) is 0 Å². The number of carbonyl (C=O) groups excluding carboxylic acids is 1. The molecule has 2 amide bonds. The first-order valence-corrected chi connectivity index (χ1v) is 12.6. The molecule has 0 bridgehead atoms. The van der Waals surface area contributed by atoms with Crippen LogP contribution in [0.15, 0.2) is 6.20 Å². The Morgan fingerprint density at radius 3 is 2.73 bits per heavy atom. The number of H-pyrrole nitrogens is 1. The Bertz CT molecular complexity index is 1080. The number of ether oxygens (including phenoxy) is 1. The predicted molar refractivity (Wildman–Crippen MR) is 141 cm³/mol. The first-order chi connectivity index (χ1) is 17.2. The zero-order chi connectivity index (χ0) is 26.0. The molecule has 0 unspecified atom stereocenters. The van der Waals surface area contributed by atoms with Gasteiger partial charge in [-0.15, -0.1) is 0 Å². The quantitative estimate of drug-likeness (QED) is 0.364. The number of aromatic nitrogens is 4. The van der Waals surface area contributed by atoms with E-state index in [9.17, 15) is 9.18 Å². The van der Waals surface area contributed by atoms with Gasteiger partial charge < -0.3 is 25.2 Å². The molecule has 0 spiro atoms. The van der Waals surface area contributed by atoms with Crippen molar-refractivity contribution in [2.24, 2.45) is 0 Å². The van der Waals surface area contributed by atoms with Crippen molar-refractivity contribution >= 4 is 32.0 Å². The van der Waals surface area contributed by atoms with Crippen LogP contribution < -0.4 is 10.6 Å². The number of nitrogens with zero attached hydrogens (tertiary/aromatic N) is 6. The maximum absolute atomic E-state index is 14.4. The number of urea groups is 1. The van der Waals surface area contributed by atoms with Gasteiger partial charge in [-0.3, -0.25) is 10.00 Å². The van der Waals surface area contributed by atoms with Gasteiger partial charge in [0.05, 0.1) is 24.0 Å². The third kappa shape index (κ3) is 5.67. The molecule has 3 radical (unpaired) electrons. The summed E-state index contributed by atoms with van der Waals surface area (Å²) in [6.45, 7) is 14.3. The molecule has 2 atom stereocenters. The smallest absolute Gasteiger partial charge is 0.321 e. The summed E-state index contributed by atoms with van der Waals surface area (Å²) in [7, 11) is 1.72. The van der Waals surface area contributed by atoms with Gasteiger partial charge in [0.2, 0.25) is 5.95 Å². The van der Waals surface area contributed by atoms with E-state index in [1.54, 1.807) is 7.11 Å². The largest absolute Gasteiger partial charge is 0.385 e. The number of amides is 2. The fourth-order valence-corrected chi connectivity index (χ4v) is 5.08. The SMILES string of the molecule is CCNc1ncc(F)c(Nc2n[nH]c3c2CN(C(=O)N2C[C@H](C)N(CCCOC)C[C@@H]2C)C3(C)C)n1.[B]. The van der Waals surface area contributed by atoms with E-state index in [2.05, 4.69) is 49.5 Å². The Morgan fingerprint density at radius 1 is 1.27 bits per heavy atom. The van der Waals surface area contributed by atoms with Gasteiger partial charge in [-0.05, 0) is 41.0 Å². The van der Waals surface area contributed by atoms with E-state index >= 15 is 0 Å². The van der Waals surface area contributed by atoms with Crippen molar-refractivity contribution in [3.63, 3.8) is 0 Å². The first kappa shape index (κ1) is 28.6. The summed E-state index contributed by atoms with van der Waals surface area (Å²) < 4.78 is 19.6. The van der Waals surface area contributed by atoms with Gasteiger partial charge in [0.15, 0.2) is 17.5 Å².